The molecular weight excluding hydrogens is 449 g/mol. The zero-order chi connectivity index (χ0) is 21.3. The average Bonchev–Trinajstić information content (AvgIpc) is 3.37. The SMILES string of the molecule is Cl.Cl.N=C(N)c1ccc(CNC(=O)[C@]23C[C@H]2CCN3C(=O)[C@@H](N)Cc2ccccc2)cc1. The number of halogens is 2. The summed E-state index contributed by atoms with van der Waals surface area (Å²) in [6.07, 6.45) is 2.00. The van der Waals surface area contributed by atoms with Crippen LogP contribution >= 0.6 is 24.8 Å². The number of amidine groups is 1. The number of carbonyl (C=O) groups excluding carboxylic acids is 2. The Bertz CT molecular complexity index is 970. The molecule has 3 atom stereocenters. The molecule has 1 saturated heterocycles. The fourth-order valence-corrected chi connectivity index (χ4v) is 4.47. The lowest BCUT2D eigenvalue weighted by atomic mass is 10.0. The number of nitrogen functional groups attached to an aromatic ring is 1. The van der Waals surface area contributed by atoms with E-state index in [1.54, 1.807) is 17.0 Å². The molecule has 9 heteroatoms. The number of carbonyl (C=O) groups is 2. The van der Waals surface area contributed by atoms with E-state index in [4.69, 9.17) is 16.9 Å². The second-order valence-corrected chi connectivity index (χ2v) is 8.19. The highest BCUT2D eigenvalue weighted by molar-refractivity contribution is 5.97. The maximum atomic E-state index is 13.1. The topological polar surface area (TPSA) is 125 Å². The van der Waals surface area contributed by atoms with Gasteiger partial charge in [-0.2, -0.15) is 0 Å². The van der Waals surface area contributed by atoms with Gasteiger partial charge in [0, 0.05) is 18.7 Å². The van der Waals surface area contributed by atoms with E-state index in [1.807, 2.05) is 42.5 Å². The number of benzene rings is 2. The van der Waals surface area contributed by atoms with Crippen molar-refractivity contribution in [3.05, 3.63) is 71.3 Å². The zero-order valence-electron chi connectivity index (χ0n) is 17.6. The third kappa shape index (κ3) is 4.90. The third-order valence-electron chi connectivity index (χ3n) is 6.25. The monoisotopic (exact) mass is 477 g/mol. The van der Waals surface area contributed by atoms with Gasteiger partial charge in [-0.25, -0.2) is 0 Å². The van der Waals surface area contributed by atoms with E-state index < -0.39 is 11.6 Å². The summed E-state index contributed by atoms with van der Waals surface area (Å²) in [4.78, 5) is 27.8. The van der Waals surface area contributed by atoms with Crippen molar-refractivity contribution >= 4 is 42.5 Å². The van der Waals surface area contributed by atoms with E-state index in [0.717, 1.165) is 17.5 Å². The van der Waals surface area contributed by atoms with Crippen molar-refractivity contribution in [2.24, 2.45) is 17.4 Å². The number of likely N-dealkylation sites (tertiary alicyclic amines) is 1. The van der Waals surface area contributed by atoms with Crippen molar-refractivity contribution in [2.45, 2.75) is 37.4 Å². The van der Waals surface area contributed by atoms with Crippen LogP contribution in [0.5, 0.6) is 0 Å². The Morgan fingerprint density at radius 1 is 1.09 bits per heavy atom. The number of fused-ring (bicyclic) bond motifs is 1. The molecule has 2 amide bonds. The van der Waals surface area contributed by atoms with Crippen LogP contribution in [0.2, 0.25) is 0 Å². The van der Waals surface area contributed by atoms with Crippen LogP contribution in [-0.4, -0.2) is 40.7 Å². The van der Waals surface area contributed by atoms with E-state index in [-0.39, 0.29) is 48.4 Å². The van der Waals surface area contributed by atoms with Crippen LogP contribution in [0.15, 0.2) is 54.6 Å². The van der Waals surface area contributed by atoms with E-state index in [0.29, 0.717) is 31.5 Å². The Kier molecular flexibility index (Phi) is 8.29. The van der Waals surface area contributed by atoms with Crippen molar-refractivity contribution in [3.8, 4) is 0 Å². The van der Waals surface area contributed by atoms with Gasteiger partial charge >= 0.3 is 0 Å². The smallest absolute Gasteiger partial charge is 0.246 e. The van der Waals surface area contributed by atoms with E-state index in [9.17, 15) is 9.59 Å². The highest BCUT2D eigenvalue weighted by atomic mass is 35.5. The van der Waals surface area contributed by atoms with Crippen LogP contribution in [0, 0.1) is 11.3 Å². The summed E-state index contributed by atoms with van der Waals surface area (Å²) in [6.45, 7) is 0.941. The van der Waals surface area contributed by atoms with Crippen LogP contribution in [0.3, 0.4) is 0 Å². The van der Waals surface area contributed by atoms with Gasteiger partial charge in [-0.05, 0) is 36.3 Å². The molecule has 0 bridgehead atoms. The molecule has 32 heavy (non-hydrogen) atoms. The van der Waals surface area contributed by atoms with Crippen molar-refractivity contribution in [1.82, 2.24) is 10.2 Å². The minimum absolute atomic E-state index is 0. The second-order valence-electron chi connectivity index (χ2n) is 8.19. The van der Waals surface area contributed by atoms with Crippen molar-refractivity contribution < 1.29 is 9.59 Å². The molecular formula is C23H29Cl2N5O2. The Hall–Kier alpha value is -2.61. The first-order chi connectivity index (χ1) is 14.4. The number of nitrogens with two attached hydrogens (primary N) is 2. The van der Waals surface area contributed by atoms with Gasteiger partial charge in [-0.15, -0.1) is 24.8 Å². The molecule has 7 nitrogen and oxygen atoms in total. The molecule has 1 aliphatic carbocycles. The third-order valence-corrected chi connectivity index (χ3v) is 6.25. The Labute approximate surface area is 200 Å². The first-order valence-electron chi connectivity index (χ1n) is 10.2. The molecule has 172 valence electrons. The summed E-state index contributed by atoms with van der Waals surface area (Å²) < 4.78 is 0. The quantitative estimate of drug-likeness (QED) is 0.359. The molecule has 4 rings (SSSR count). The fourth-order valence-electron chi connectivity index (χ4n) is 4.47. The van der Waals surface area contributed by atoms with Crippen molar-refractivity contribution in [3.63, 3.8) is 0 Å². The molecule has 6 N–H and O–H groups in total. The van der Waals surface area contributed by atoms with Crippen LogP contribution in [0.25, 0.3) is 0 Å². The highest BCUT2D eigenvalue weighted by Crippen LogP contribution is 2.56. The lowest BCUT2D eigenvalue weighted by Crippen LogP contribution is -2.55. The number of rotatable bonds is 7. The maximum Gasteiger partial charge on any atom is 0.246 e. The molecule has 1 heterocycles. The predicted molar refractivity (Wildman–Crippen MR) is 129 cm³/mol. The normalized spacial score (nSPS) is 21.4. The minimum atomic E-state index is -0.745. The Morgan fingerprint density at radius 2 is 1.75 bits per heavy atom. The Balaban J connectivity index is 0.00000181. The second kappa shape index (κ2) is 10.3. The zero-order valence-corrected chi connectivity index (χ0v) is 19.3. The molecule has 0 aromatic heterocycles. The number of hydrogen-bond acceptors (Lipinski definition) is 4. The molecule has 1 aliphatic heterocycles. The summed E-state index contributed by atoms with van der Waals surface area (Å²) >= 11 is 0. The minimum Gasteiger partial charge on any atom is -0.384 e. The first kappa shape index (κ1) is 25.6. The summed E-state index contributed by atoms with van der Waals surface area (Å²) in [6, 6.07) is 16.2. The summed E-state index contributed by atoms with van der Waals surface area (Å²) in [5.74, 6) is -0.0385. The van der Waals surface area contributed by atoms with Gasteiger partial charge in [0.1, 0.15) is 11.4 Å². The molecule has 0 radical (unpaired) electrons. The number of hydrogen-bond donors (Lipinski definition) is 4. The van der Waals surface area contributed by atoms with Gasteiger partial charge < -0.3 is 21.7 Å². The van der Waals surface area contributed by atoms with Crippen molar-refractivity contribution in [2.75, 3.05) is 6.54 Å². The summed E-state index contributed by atoms with van der Waals surface area (Å²) in [5, 5.41) is 10.4. The number of amides is 2. The fraction of sp³-hybridized carbons (Fsp3) is 0.348. The van der Waals surface area contributed by atoms with E-state index in [2.05, 4.69) is 5.32 Å². The molecule has 2 aromatic carbocycles. The predicted octanol–water partition coefficient (Wildman–Crippen LogP) is 1.99. The maximum absolute atomic E-state index is 13.1. The molecule has 0 unspecified atom stereocenters. The van der Waals surface area contributed by atoms with Crippen molar-refractivity contribution in [1.29, 1.82) is 5.41 Å². The van der Waals surface area contributed by atoms with Crippen LogP contribution in [0.4, 0.5) is 0 Å². The average molecular weight is 478 g/mol. The van der Waals surface area contributed by atoms with Gasteiger partial charge in [0.15, 0.2) is 0 Å². The van der Waals surface area contributed by atoms with Gasteiger partial charge in [-0.1, -0.05) is 54.6 Å². The Morgan fingerprint density at radius 3 is 2.34 bits per heavy atom. The molecule has 2 aromatic rings. The number of nitrogens with zero attached hydrogens (tertiary/aromatic N) is 1. The van der Waals surface area contributed by atoms with Gasteiger partial charge in [0.05, 0.1) is 6.04 Å². The van der Waals surface area contributed by atoms with Gasteiger partial charge in [-0.3, -0.25) is 15.0 Å². The van der Waals surface area contributed by atoms with Gasteiger partial charge in [0.25, 0.3) is 0 Å². The summed E-state index contributed by atoms with van der Waals surface area (Å²) in [7, 11) is 0. The molecule has 2 fully saturated rings. The number of nitrogens with one attached hydrogen (secondary N) is 2. The summed E-state index contributed by atoms with van der Waals surface area (Å²) in [5.41, 5.74) is 13.5. The standard InChI is InChI=1S/C23H27N5O2.2ClH/c24-19(12-15-4-2-1-3-5-15)21(29)28-11-10-18-13-23(18,28)22(30)27-14-16-6-8-17(9-7-16)20(25)26;;/h1-9,18-19H,10-14,24H2,(H3,25,26)(H,27,30);2*1H/t18-,19+,23+;;/m1../s1. The highest BCUT2D eigenvalue weighted by Gasteiger charge is 2.68. The van der Waals surface area contributed by atoms with Crippen LogP contribution < -0.4 is 16.8 Å². The number of piperidine rings is 1. The molecule has 1 saturated carbocycles. The van der Waals surface area contributed by atoms with Crippen LogP contribution in [0.1, 0.15) is 29.5 Å². The van der Waals surface area contributed by atoms with E-state index >= 15 is 0 Å². The first-order valence-corrected chi connectivity index (χ1v) is 10.2. The largest absolute Gasteiger partial charge is 0.384 e. The molecule has 2 aliphatic rings. The lowest BCUT2D eigenvalue weighted by Gasteiger charge is -2.30. The van der Waals surface area contributed by atoms with E-state index in [1.165, 1.54) is 0 Å². The van der Waals surface area contributed by atoms with Gasteiger partial charge in [0.2, 0.25) is 11.8 Å². The molecule has 0 spiro atoms. The van der Waals surface area contributed by atoms with Crippen LogP contribution in [-0.2, 0) is 22.6 Å². The lowest BCUT2D eigenvalue weighted by molar-refractivity contribution is -0.141.